The van der Waals surface area contributed by atoms with Crippen molar-refractivity contribution in [1.29, 1.82) is 0 Å². The molecule has 0 radical (unpaired) electrons. The summed E-state index contributed by atoms with van der Waals surface area (Å²) in [6.45, 7) is 18.3. The Morgan fingerprint density at radius 2 is 0.938 bits per heavy atom. The van der Waals surface area contributed by atoms with E-state index in [-0.39, 0.29) is 6.61 Å². The van der Waals surface area contributed by atoms with Crippen LogP contribution >= 0.6 is 16.3 Å². The van der Waals surface area contributed by atoms with Crippen LogP contribution in [0.1, 0.15) is 61.9 Å². The van der Waals surface area contributed by atoms with E-state index in [0.717, 1.165) is 49.1 Å². The van der Waals surface area contributed by atoms with E-state index in [1.807, 2.05) is 42.5 Å². The number of nitrogens with zero attached hydrogens (tertiary/aromatic N) is 1. The summed E-state index contributed by atoms with van der Waals surface area (Å²) in [5, 5.41) is 4.48. The van der Waals surface area contributed by atoms with Crippen LogP contribution in [-0.4, -0.2) is 62.9 Å². The Kier molecular flexibility index (Phi) is 14.2. The molecular weight excluding hydrogens is 833 g/mol. The van der Waals surface area contributed by atoms with E-state index in [2.05, 4.69) is 161 Å². The third-order valence-corrected chi connectivity index (χ3v) is 15.3. The molecule has 0 aliphatic carbocycles. The molecule has 2 fully saturated rings. The molecule has 2 heterocycles. The Hall–Kier alpha value is -4.26. The van der Waals surface area contributed by atoms with Gasteiger partial charge in [-0.25, -0.2) is 0 Å². The lowest BCUT2D eigenvalue weighted by atomic mass is 9.97. The van der Waals surface area contributed by atoms with Crippen LogP contribution in [0, 0.1) is 55.4 Å². The molecule has 9 heteroatoms. The zero-order valence-corrected chi connectivity index (χ0v) is 41.1. The summed E-state index contributed by atoms with van der Waals surface area (Å²) in [5.41, 5.74) is 11.5. The van der Waals surface area contributed by atoms with Gasteiger partial charge in [-0.2, -0.15) is 0 Å². The van der Waals surface area contributed by atoms with Gasteiger partial charge >= 0.3 is 0 Å². The standard InChI is InChI=1S/C55H64NO6P2/c1-35-21-36(2)26-45(25-35)63(46-27-37(3)22-38(4)28-46)61-52-51-50(34-57-54(60-51)43-17-13-12-14-18-43)59-55(58-49-20-16-15-19-44(49)33-56(9,10)11)53(52)62-64(47-29-39(5)23-40(6)30-47)48-31-41(7)24-42(8)32-48/h12-32,50-55H,33-34H2,1-11H3/q+1/t50-,51-,52+,53-,54-,55-/m1/s1. The monoisotopic (exact) mass is 896 g/mol. The lowest BCUT2D eigenvalue weighted by Gasteiger charge is -2.50. The van der Waals surface area contributed by atoms with Gasteiger partial charge in [0, 0.05) is 32.3 Å². The molecule has 2 saturated heterocycles. The molecule has 0 unspecified atom stereocenters. The molecule has 0 amide bonds. The highest BCUT2D eigenvalue weighted by Crippen LogP contribution is 2.49. The lowest BCUT2D eigenvalue weighted by Crippen LogP contribution is -2.64. The number of fused-ring (bicyclic) bond motifs is 1. The van der Waals surface area contributed by atoms with Crippen LogP contribution in [0.15, 0.2) is 127 Å². The molecule has 6 aromatic carbocycles. The maximum Gasteiger partial charge on any atom is 0.229 e. The molecule has 334 valence electrons. The van der Waals surface area contributed by atoms with Crippen molar-refractivity contribution < 1.29 is 32.5 Å². The summed E-state index contributed by atoms with van der Waals surface area (Å²) >= 11 is 0. The van der Waals surface area contributed by atoms with Gasteiger partial charge in [-0.15, -0.1) is 0 Å². The topological polar surface area (TPSA) is 55.4 Å². The minimum atomic E-state index is -1.45. The predicted molar refractivity (Wildman–Crippen MR) is 263 cm³/mol. The molecule has 8 rings (SSSR count). The van der Waals surface area contributed by atoms with Crippen molar-refractivity contribution in [3.63, 3.8) is 0 Å². The second-order valence-corrected chi connectivity index (χ2v) is 22.7. The molecule has 64 heavy (non-hydrogen) atoms. The van der Waals surface area contributed by atoms with Crippen molar-refractivity contribution >= 4 is 37.5 Å². The summed E-state index contributed by atoms with van der Waals surface area (Å²) in [4.78, 5) is 0. The van der Waals surface area contributed by atoms with Gasteiger partial charge in [0.15, 0.2) is 12.4 Å². The number of rotatable bonds is 13. The number of para-hydroxylation sites is 1. The number of hydrogen-bond donors (Lipinski definition) is 0. The van der Waals surface area contributed by atoms with Gasteiger partial charge in [-0.05, 0) is 116 Å². The summed E-state index contributed by atoms with van der Waals surface area (Å²) in [6, 6.07) is 45.4. The Balaban J connectivity index is 1.34. The molecule has 0 spiro atoms. The number of hydrogen-bond acceptors (Lipinski definition) is 6. The van der Waals surface area contributed by atoms with Crippen molar-refractivity contribution in [2.45, 2.75) is 98.9 Å². The number of benzene rings is 6. The molecule has 2 aliphatic heterocycles. The Morgan fingerprint density at radius 3 is 1.39 bits per heavy atom. The highest BCUT2D eigenvalue weighted by molar-refractivity contribution is 7.69. The average Bonchev–Trinajstić information content (AvgIpc) is 3.21. The molecular formula is C55H64NO6P2+. The van der Waals surface area contributed by atoms with Crippen LogP contribution in [0.25, 0.3) is 0 Å². The van der Waals surface area contributed by atoms with E-state index in [0.29, 0.717) is 0 Å². The quantitative estimate of drug-likeness (QED) is 0.0851. The smallest absolute Gasteiger partial charge is 0.229 e. The van der Waals surface area contributed by atoms with Crippen LogP contribution in [0.2, 0.25) is 0 Å². The minimum Gasteiger partial charge on any atom is -0.461 e. The van der Waals surface area contributed by atoms with Gasteiger partial charge in [0.2, 0.25) is 6.29 Å². The normalized spacial score (nSPS) is 21.3. The van der Waals surface area contributed by atoms with Crippen molar-refractivity contribution in [3.8, 4) is 5.75 Å². The van der Waals surface area contributed by atoms with Crippen molar-refractivity contribution in [2.75, 3.05) is 27.7 Å². The average molecular weight is 897 g/mol. The first-order chi connectivity index (χ1) is 30.5. The van der Waals surface area contributed by atoms with Gasteiger partial charge in [0.05, 0.1) is 44.0 Å². The van der Waals surface area contributed by atoms with Crippen LogP contribution in [-0.2, 0) is 29.8 Å². The fraction of sp³-hybridized carbons (Fsp3) is 0.345. The highest BCUT2D eigenvalue weighted by atomic mass is 31.1. The van der Waals surface area contributed by atoms with Crippen LogP contribution in [0.4, 0.5) is 0 Å². The number of aryl methyl sites for hydroxylation is 8. The zero-order chi connectivity index (χ0) is 45.3. The van der Waals surface area contributed by atoms with Gasteiger partial charge in [-0.1, -0.05) is 111 Å². The second-order valence-electron chi connectivity index (χ2n) is 19.0. The van der Waals surface area contributed by atoms with Crippen LogP contribution < -0.4 is 26.0 Å². The molecule has 6 atom stereocenters. The second kappa shape index (κ2) is 19.7. The Labute approximate surface area is 383 Å². The van der Waals surface area contributed by atoms with Gasteiger partial charge in [-0.3, -0.25) is 0 Å². The largest absolute Gasteiger partial charge is 0.461 e. The van der Waals surface area contributed by atoms with Crippen molar-refractivity contribution in [1.82, 2.24) is 0 Å². The summed E-state index contributed by atoms with van der Waals surface area (Å²) in [5.74, 6) is 0.749. The highest BCUT2D eigenvalue weighted by Gasteiger charge is 2.54. The van der Waals surface area contributed by atoms with Gasteiger partial charge in [0.1, 0.15) is 30.6 Å². The van der Waals surface area contributed by atoms with Gasteiger partial charge in [0.25, 0.3) is 0 Å². The maximum absolute atomic E-state index is 7.90. The fourth-order valence-electron chi connectivity index (χ4n) is 9.10. The molecule has 0 saturated carbocycles. The minimum absolute atomic E-state index is 0.283. The fourth-order valence-corrected chi connectivity index (χ4v) is 13.7. The number of ether oxygens (including phenoxy) is 4. The molecule has 2 aliphatic rings. The maximum atomic E-state index is 7.90. The van der Waals surface area contributed by atoms with Crippen molar-refractivity contribution in [2.24, 2.45) is 0 Å². The Bertz CT molecular complexity index is 2390. The van der Waals surface area contributed by atoms with Crippen LogP contribution in [0.3, 0.4) is 0 Å². The lowest BCUT2D eigenvalue weighted by molar-refractivity contribution is -0.884. The zero-order valence-electron chi connectivity index (χ0n) is 39.3. The van der Waals surface area contributed by atoms with Crippen molar-refractivity contribution in [3.05, 3.63) is 183 Å². The molecule has 0 aromatic heterocycles. The van der Waals surface area contributed by atoms with E-state index >= 15 is 0 Å². The third-order valence-electron chi connectivity index (χ3n) is 11.4. The Morgan fingerprint density at radius 1 is 0.516 bits per heavy atom. The molecule has 0 N–H and O–H groups in total. The van der Waals surface area contributed by atoms with E-state index in [9.17, 15) is 0 Å². The first-order valence-corrected chi connectivity index (χ1v) is 24.9. The summed E-state index contributed by atoms with van der Waals surface area (Å²) < 4.78 is 44.6. The first-order valence-electron chi connectivity index (χ1n) is 22.3. The predicted octanol–water partition coefficient (Wildman–Crippen LogP) is 10.4. The molecule has 6 aromatic rings. The van der Waals surface area contributed by atoms with Gasteiger partial charge < -0.3 is 32.5 Å². The van der Waals surface area contributed by atoms with E-state index in [1.54, 1.807) is 0 Å². The van der Waals surface area contributed by atoms with E-state index in [4.69, 9.17) is 28.0 Å². The molecule has 0 bridgehead atoms. The number of quaternary nitrogens is 1. The van der Waals surface area contributed by atoms with E-state index in [1.165, 1.54) is 44.5 Å². The third kappa shape index (κ3) is 11.2. The first kappa shape index (κ1) is 46.3. The van der Waals surface area contributed by atoms with Crippen LogP contribution in [0.5, 0.6) is 5.75 Å². The van der Waals surface area contributed by atoms with E-state index < -0.39 is 53.3 Å². The SMILES string of the molecule is Cc1cc(C)cc(P(O[C@@H]2[C@@H](OP(c3cc(C)cc(C)c3)c3cc(C)cc(C)c3)[C@H](Oc3ccccc3C[N+](C)(C)C)O[C@@H]3CO[C@@H](c4ccccc4)O[C@@H]23)c2cc(C)cc(C)c2)c1. The summed E-state index contributed by atoms with van der Waals surface area (Å²) in [6.07, 6.45) is -4.06. The summed E-state index contributed by atoms with van der Waals surface area (Å²) in [7, 11) is 3.69. The molecule has 7 nitrogen and oxygen atoms in total.